The molecular weight excluding hydrogens is 700 g/mol. The summed E-state index contributed by atoms with van der Waals surface area (Å²) in [6, 6.07) is 26.7. The third-order valence-electron chi connectivity index (χ3n) is 9.02. The normalized spacial score (nSPS) is 15.7. The van der Waals surface area contributed by atoms with Gasteiger partial charge in [0.25, 0.3) is 5.91 Å². The quantitative estimate of drug-likeness (QED) is 0.153. The molecule has 0 bridgehead atoms. The Bertz CT molecular complexity index is 2220. The SMILES string of the molecule is COc1ccc(COc2ccc(C(=O)N[C@H]3CCc4cc(-n5c(-c6cccnc6N)nc6ccc(Br)nc65)ccc43)cc2C2OCCO2)cc1. The molecule has 3 N–H and O–H groups in total. The molecule has 8 rings (SSSR count). The number of nitrogens with two attached hydrogens (primary N) is 1. The number of carbonyl (C=O) groups is 1. The molecule has 6 aromatic rings. The van der Waals surface area contributed by atoms with Gasteiger partial charge in [0.2, 0.25) is 0 Å². The Hall–Kier alpha value is -5.30. The molecule has 1 saturated heterocycles. The highest BCUT2D eigenvalue weighted by atomic mass is 79.9. The van der Waals surface area contributed by atoms with E-state index in [1.807, 2.05) is 65.2 Å². The highest BCUT2D eigenvalue weighted by Gasteiger charge is 2.28. The number of aromatic nitrogens is 4. The van der Waals surface area contributed by atoms with Gasteiger partial charge in [0.15, 0.2) is 17.8 Å². The van der Waals surface area contributed by atoms with Crippen LogP contribution in [-0.2, 0) is 22.5 Å². The van der Waals surface area contributed by atoms with Crippen molar-refractivity contribution < 1.29 is 23.7 Å². The van der Waals surface area contributed by atoms with E-state index < -0.39 is 6.29 Å². The van der Waals surface area contributed by atoms with Crippen molar-refractivity contribution in [2.45, 2.75) is 31.8 Å². The Morgan fingerprint density at radius 2 is 1.84 bits per heavy atom. The molecule has 0 radical (unpaired) electrons. The smallest absolute Gasteiger partial charge is 0.251 e. The number of amides is 1. The summed E-state index contributed by atoms with van der Waals surface area (Å²) in [5.74, 6) is 2.24. The lowest BCUT2D eigenvalue weighted by atomic mass is 10.1. The van der Waals surface area contributed by atoms with Gasteiger partial charge in [-0.1, -0.05) is 18.2 Å². The van der Waals surface area contributed by atoms with Gasteiger partial charge in [-0.25, -0.2) is 15.0 Å². The van der Waals surface area contributed by atoms with E-state index >= 15 is 0 Å². The molecule has 3 aromatic heterocycles. The minimum atomic E-state index is -0.611. The lowest BCUT2D eigenvalue weighted by Crippen LogP contribution is -2.27. The summed E-state index contributed by atoms with van der Waals surface area (Å²) in [5, 5.41) is 3.26. The molecule has 2 aliphatic rings. The van der Waals surface area contributed by atoms with Crippen molar-refractivity contribution in [2.24, 2.45) is 0 Å². The predicted octanol–water partition coefficient (Wildman–Crippen LogP) is 6.88. The lowest BCUT2D eigenvalue weighted by molar-refractivity contribution is -0.0459. The number of nitrogens with one attached hydrogen (secondary N) is 1. The maximum Gasteiger partial charge on any atom is 0.251 e. The average Bonchev–Trinajstić information content (AvgIpc) is 3.90. The molecule has 1 atom stereocenters. The predicted molar refractivity (Wildman–Crippen MR) is 191 cm³/mol. The summed E-state index contributed by atoms with van der Waals surface area (Å²) in [6.45, 7) is 1.29. The molecule has 12 heteroatoms. The van der Waals surface area contributed by atoms with Gasteiger partial charge < -0.3 is 30.0 Å². The van der Waals surface area contributed by atoms with Crippen LogP contribution in [0.2, 0.25) is 0 Å². The van der Waals surface area contributed by atoms with Gasteiger partial charge in [0, 0.05) is 17.4 Å². The number of hydrogen-bond donors (Lipinski definition) is 2. The number of aryl methyl sites for hydroxylation is 1. The minimum absolute atomic E-state index is 0.153. The highest BCUT2D eigenvalue weighted by Crippen LogP contribution is 2.37. The van der Waals surface area contributed by atoms with Crippen LogP contribution < -0.4 is 20.5 Å². The van der Waals surface area contributed by atoms with Gasteiger partial charge >= 0.3 is 0 Å². The number of benzene rings is 3. The fraction of sp³-hybridized carbons (Fsp3) is 0.211. The molecule has 50 heavy (non-hydrogen) atoms. The molecule has 4 heterocycles. The molecule has 11 nitrogen and oxygen atoms in total. The Balaban J connectivity index is 1.05. The third-order valence-corrected chi connectivity index (χ3v) is 9.46. The fourth-order valence-corrected chi connectivity index (χ4v) is 6.83. The van der Waals surface area contributed by atoms with E-state index in [9.17, 15) is 4.79 Å². The highest BCUT2D eigenvalue weighted by molar-refractivity contribution is 9.10. The van der Waals surface area contributed by atoms with Crippen molar-refractivity contribution in [2.75, 3.05) is 26.1 Å². The molecule has 0 unspecified atom stereocenters. The number of nitrogens with zero attached hydrogens (tertiary/aromatic N) is 4. The van der Waals surface area contributed by atoms with Crippen LogP contribution in [-0.4, -0.2) is 45.7 Å². The number of carbonyl (C=O) groups excluding carboxylic acids is 1. The summed E-state index contributed by atoms with van der Waals surface area (Å²) >= 11 is 3.51. The molecule has 1 aliphatic carbocycles. The van der Waals surface area contributed by atoms with Crippen LogP contribution in [0.5, 0.6) is 11.5 Å². The summed E-state index contributed by atoms with van der Waals surface area (Å²) in [6.07, 6.45) is 2.62. The standard InChI is InChI=1S/C38H33BrN6O5/c1-47-26-9-4-22(5-10-26)21-50-32-14-7-24(20-29(32)38-48-17-18-49-38)37(46)43-30-12-6-23-19-25(8-11-27(23)30)45-35(28-3-2-16-41-34(28)40)42-31-13-15-33(39)44-36(31)45/h2-5,7-11,13-16,19-20,30,38H,6,12,17-18,21H2,1H3,(H2,40,41)(H,43,46)/t30-/m0/s1. The number of halogens is 1. The molecule has 1 fully saturated rings. The minimum Gasteiger partial charge on any atom is -0.497 e. The van der Waals surface area contributed by atoms with Crippen molar-refractivity contribution >= 4 is 38.8 Å². The van der Waals surface area contributed by atoms with Gasteiger partial charge in [0.1, 0.15) is 34.0 Å². The summed E-state index contributed by atoms with van der Waals surface area (Å²) in [5.41, 5.74) is 13.7. The number of rotatable bonds is 9. The first-order valence-corrected chi connectivity index (χ1v) is 17.1. The molecule has 1 aliphatic heterocycles. The van der Waals surface area contributed by atoms with Crippen molar-refractivity contribution in [3.05, 3.63) is 124 Å². The monoisotopic (exact) mass is 732 g/mol. The first kappa shape index (κ1) is 31.9. The van der Waals surface area contributed by atoms with Crippen LogP contribution in [0.1, 0.15) is 51.4 Å². The Kier molecular flexibility index (Phi) is 8.65. The summed E-state index contributed by atoms with van der Waals surface area (Å²) in [7, 11) is 1.64. The van der Waals surface area contributed by atoms with Gasteiger partial charge in [-0.15, -0.1) is 0 Å². The lowest BCUT2D eigenvalue weighted by Gasteiger charge is -2.19. The van der Waals surface area contributed by atoms with E-state index in [0.29, 0.717) is 58.6 Å². The van der Waals surface area contributed by atoms with Crippen LogP contribution >= 0.6 is 15.9 Å². The second-order valence-electron chi connectivity index (χ2n) is 12.1. The molecule has 0 saturated carbocycles. The maximum atomic E-state index is 13.7. The van der Waals surface area contributed by atoms with E-state index in [1.54, 1.807) is 25.4 Å². The van der Waals surface area contributed by atoms with E-state index in [-0.39, 0.29) is 11.9 Å². The number of imidazole rings is 1. The van der Waals surface area contributed by atoms with E-state index in [4.69, 9.17) is 34.6 Å². The zero-order valence-electron chi connectivity index (χ0n) is 27.1. The van der Waals surface area contributed by atoms with Crippen molar-refractivity contribution in [1.29, 1.82) is 0 Å². The number of methoxy groups -OCH3 is 1. The van der Waals surface area contributed by atoms with Crippen LogP contribution in [0.15, 0.2) is 95.7 Å². The van der Waals surface area contributed by atoms with E-state index in [2.05, 4.69) is 38.4 Å². The molecule has 3 aromatic carbocycles. The molecule has 252 valence electrons. The van der Waals surface area contributed by atoms with Crippen LogP contribution in [0, 0.1) is 0 Å². The first-order chi connectivity index (χ1) is 24.4. The first-order valence-electron chi connectivity index (χ1n) is 16.3. The maximum absolute atomic E-state index is 13.7. The molecule has 0 spiro atoms. The zero-order chi connectivity index (χ0) is 34.2. The molecular formula is C38H33BrN6O5. The van der Waals surface area contributed by atoms with Crippen LogP contribution in [0.3, 0.4) is 0 Å². The zero-order valence-corrected chi connectivity index (χ0v) is 28.7. The number of pyridine rings is 2. The number of nitrogen functional groups attached to an aromatic ring is 1. The van der Waals surface area contributed by atoms with Gasteiger partial charge in [-0.2, -0.15) is 0 Å². The van der Waals surface area contributed by atoms with E-state index in [1.165, 1.54) is 0 Å². The molecule has 1 amide bonds. The van der Waals surface area contributed by atoms with Gasteiger partial charge in [-0.05, 0) is 112 Å². The number of hydrogen-bond acceptors (Lipinski definition) is 9. The Morgan fingerprint density at radius 3 is 2.64 bits per heavy atom. The van der Waals surface area contributed by atoms with Crippen molar-refractivity contribution in [3.63, 3.8) is 0 Å². The summed E-state index contributed by atoms with van der Waals surface area (Å²) in [4.78, 5) is 27.6. The van der Waals surface area contributed by atoms with Crippen LogP contribution in [0.4, 0.5) is 5.82 Å². The Morgan fingerprint density at radius 1 is 1.00 bits per heavy atom. The fourth-order valence-electron chi connectivity index (χ4n) is 6.53. The number of fused-ring (bicyclic) bond motifs is 2. The topological polar surface area (TPSA) is 136 Å². The van der Waals surface area contributed by atoms with Crippen molar-refractivity contribution in [3.8, 4) is 28.6 Å². The Labute approximate surface area is 296 Å². The number of anilines is 1. The summed E-state index contributed by atoms with van der Waals surface area (Å²) < 4.78 is 25.8. The van der Waals surface area contributed by atoms with Crippen LogP contribution in [0.25, 0.3) is 28.2 Å². The van der Waals surface area contributed by atoms with Crippen molar-refractivity contribution in [1.82, 2.24) is 24.8 Å². The second kappa shape index (κ2) is 13.5. The number of ether oxygens (including phenoxy) is 4. The second-order valence-corrected chi connectivity index (χ2v) is 12.9. The van der Waals surface area contributed by atoms with E-state index in [0.717, 1.165) is 52.0 Å². The third kappa shape index (κ3) is 6.17. The average molecular weight is 734 g/mol. The largest absolute Gasteiger partial charge is 0.497 e. The van der Waals surface area contributed by atoms with Gasteiger partial charge in [0.05, 0.1) is 37.5 Å². The van der Waals surface area contributed by atoms with Gasteiger partial charge in [-0.3, -0.25) is 9.36 Å².